The maximum Gasteiger partial charge on any atom is 0.119 e. The van der Waals surface area contributed by atoms with E-state index >= 15 is 0 Å². The normalized spacial score (nSPS) is 22.4. The Kier molecular flexibility index (Phi) is 10.4. The number of ether oxygens (including phenoxy) is 2. The summed E-state index contributed by atoms with van der Waals surface area (Å²) in [6.07, 6.45) is 0. The average Bonchev–Trinajstić information content (AvgIpc) is 3.05. The molecule has 0 amide bonds. The van der Waals surface area contributed by atoms with Crippen molar-refractivity contribution in [1.82, 2.24) is 4.90 Å². The third-order valence-corrected chi connectivity index (χ3v) is 7.74. The summed E-state index contributed by atoms with van der Waals surface area (Å²) < 4.78 is 21.9. The molecule has 4 rings (SSSR count). The fraction of sp³-hybridized carbons (Fsp3) is 0.455. The summed E-state index contributed by atoms with van der Waals surface area (Å²) >= 11 is 1.94. The number of fused-ring (bicyclic) bond motifs is 2. The van der Waals surface area contributed by atoms with Crippen LogP contribution >= 0.6 is 11.8 Å². The van der Waals surface area contributed by atoms with Crippen LogP contribution in [-0.4, -0.2) is 77.2 Å². The molecule has 32 heavy (non-hydrogen) atoms. The van der Waals surface area contributed by atoms with E-state index in [2.05, 4.69) is 24.1 Å². The van der Waals surface area contributed by atoms with Crippen LogP contribution in [0.4, 0.5) is 0 Å². The zero-order valence-corrected chi connectivity index (χ0v) is 20.6. The Labute approximate surface area is 196 Å². The molecule has 2 atom stereocenters. The van der Waals surface area contributed by atoms with Crippen LogP contribution in [0.1, 0.15) is 11.1 Å². The molecule has 2 aromatic rings. The highest BCUT2D eigenvalue weighted by Crippen LogP contribution is 2.30. The number of hydroxylamine groups is 3. The molecule has 10 heteroatoms. The van der Waals surface area contributed by atoms with Crippen LogP contribution in [0.2, 0.25) is 0 Å². The van der Waals surface area contributed by atoms with E-state index in [9.17, 15) is 9.42 Å². The second-order valence-electron chi connectivity index (χ2n) is 7.76. The van der Waals surface area contributed by atoms with Crippen LogP contribution in [0.3, 0.4) is 0 Å². The van der Waals surface area contributed by atoms with E-state index in [-0.39, 0.29) is 4.65 Å². The molecule has 0 saturated carbocycles. The van der Waals surface area contributed by atoms with E-state index in [0.717, 1.165) is 29.3 Å². The van der Waals surface area contributed by atoms with Crippen LogP contribution < -0.4 is 9.47 Å². The van der Waals surface area contributed by atoms with Gasteiger partial charge in [0.15, 0.2) is 0 Å². The van der Waals surface area contributed by atoms with Crippen molar-refractivity contribution in [2.75, 3.05) is 52.9 Å². The molecule has 0 spiro atoms. The first kappa shape index (κ1) is 26.6. The molecule has 0 fully saturated rings. The lowest BCUT2D eigenvalue weighted by Crippen LogP contribution is -2.38. The zero-order chi connectivity index (χ0) is 23.7. The lowest BCUT2D eigenvalue weighted by molar-refractivity contribution is -0.871. The van der Waals surface area contributed by atoms with Crippen molar-refractivity contribution < 1.29 is 28.8 Å². The summed E-state index contributed by atoms with van der Waals surface area (Å²) in [5, 5.41) is 24.0. The fourth-order valence-corrected chi connectivity index (χ4v) is 5.99. The summed E-state index contributed by atoms with van der Waals surface area (Å²) in [7, 11) is 6.02. The SMILES string of the molecule is COc1ccc2c(c1)CN(C)CCS2.COc1ccc2c(c1)C[N+](C)([O-])CCS2=O.OO. The molecule has 2 heterocycles. The average molecular weight is 485 g/mol. The molecular formula is C22H32N2O6S2. The van der Waals surface area contributed by atoms with E-state index < -0.39 is 10.8 Å². The van der Waals surface area contributed by atoms with Gasteiger partial charge < -0.3 is 24.2 Å². The molecule has 2 N–H and O–H groups in total. The number of rotatable bonds is 2. The van der Waals surface area contributed by atoms with Gasteiger partial charge in [-0.15, -0.1) is 11.8 Å². The van der Waals surface area contributed by atoms with E-state index in [4.69, 9.17) is 20.0 Å². The van der Waals surface area contributed by atoms with Crippen LogP contribution in [0.5, 0.6) is 11.5 Å². The first-order valence-electron chi connectivity index (χ1n) is 10.1. The van der Waals surface area contributed by atoms with Gasteiger partial charge in [0, 0.05) is 34.2 Å². The summed E-state index contributed by atoms with van der Waals surface area (Å²) in [5.74, 6) is 3.27. The molecule has 0 aromatic heterocycles. The van der Waals surface area contributed by atoms with Gasteiger partial charge >= 0.3 is 0 Å². The molecule has 2 aromatic carbocycles. The predicted octanol–water partition coefficient (Wildman–Crippen LogP) is 3.51. The van der Waals surface area contributed by atoms with E-state index in [1.54, 1.807) is 33.4 Å². The van der Waals surface area contributed by atoms with E-state index in [1.807, 2.05) is 23.9 Å². The number of thioether (sulfide) groups is 1. The summed E-state index contributed by atoms with van der Waals surface area (Å²) in [6.45, 7) is 2.93. The Morgan fingerprint density at radius 1 is 1.09 bits per heavy atom. The van der Waals surface area contributed by atoms with Gasteiger partial charge in [0.1, 0.15) is 18.0 Å². The lowest BCUT2D eigenvalue weighted by atomic mass is 10.2. The fourth-order valence-electron chi connectivity index (χ4n) is 3.48. The molecular weight excluding hydrogens is 452 g/mol. The van der Waals surface area contributed by atoms with Gasteiger partial charge in [-0.3, -0.25) is 14.7 Å². The molecule has 0 aliphatic carbocycles. The Bertz CT molecular complexity index is 910. The molecule has 2 aliphatic rings. The monoisotopic (exact) mass is 484 g/mol. The Morgan fingerprint density at radius 2 is 1.72 bits per heavy atom. The lowest BCUT2D eigenvalue weighted by Gasteiger charge is -2.37. The summed E-state index contributed by atoms with van der Waals surface area (Å²) in [5.41, 5.74) is 2.22. The summed E-state index contributed by atoms with van der Waals surface area (Å²) in [6, 6.07) is 11.7. The van der Waals surface area contributed by atoms with Gasteiger partial charge in [0.05, 0.1) is 44.4 Å². The van der Waals surface area contributed by atoms with Crippen molar-refractivity contribution in [3.63, 3.8) is 0 Å². The van der Waals surface area contributed by atoms with Gasteiger partial charge in [-0.1, -0.05) is 0 Å². The number of nitrogens with zero attached hydrogens (tertiary/aromatic N) is 2. The van der Waals surface area contributed by atoms with Crippen molar-refractivity contribution in [3.8, 4) is 11.5 Å². The maximum absolute atomic E-state index is 12.0. The molecule has 2 aliphatic heterocycles. The molecule has 8 nitrogen and oxygen atoms in total. The number of methoxy groups -OCH3 is 2. The van der Waals surface area contributed by atoms with Gasteiger partial charge in [0.25, 0.3) is 0 Å². The van der Waals surface area contributed by atoms with Crippen molar-refractivity contribution in [1.29, 1.82) is 0 Å². The third-order valence-electron chi connectivity index (χ3n) is 5.21. The molecule has 0 bridgehead atoms. The highest BCUT2D eigenvalue weighted by molar-refractivity contribution is 7.99. The number of hydrogen-bond acceptors (Lipinski definition) is 8. The topological polar surface area (TPSA) is 102 Å². The van der Waals surface area contributed by atoms with Crippen LogP contribution in [0.25, 0.3) is 0 Å². The quantitative estimate of drug-likeness (QED) is 0.289. The van der Waals surface area contributed by atoms with Crippen LogP contribution in [0.15, 0.2) is 46.2 Å². The van der Waals surface area contributed by atoms with E-state index in [1.165, 1.54) is 16.2 Å². The molecule has 2 unspecified atom stereocenters. The predicted molar refractivity (Wildman–Crippen MR) is 128 cm³/mol. The van der Waals surface area contributed by atoms with Gasteiger partial charge in [-0.2, -0.15) is 0 Å². The maximum atomic E-state index is 12.0. The van der Waals surface area contributed by atoms with Crippen molar-refractivity contribution in [2.45, 2.75) is 22.9 Å². The minimum absolute atomic E-state index is 0.359. The van der Waals surface area contributed by atoms with Crippen molar-refractivity contribution >= 4 is 22.6 Å². The van der Waals surface area contributed by atoms with E-state index in [0.29, 0.717) is 24.6 Å². The van der Waals surface area contributed by atoms with Gasteiger partial charge in [-0.05, 0) is 49.0 Å². The first-order chi connectivity index (χ1) is 15.3. The van der Waals surface area contributed by atoms with Gasteiger partial charge in [-0.25, -0.2) is 0 Å². The highest BCUT2D eigenvalue weighted by Gasteiger charge is 2.23. The van der Waals surface area contributed by atoms with Crippen LogP contribution in [0, 0.1) is 5.21 Å². The third kappa shape index (κ3) is 7.45. The minimum Gasteiger partial charge on any atom is -0.633 e. The second kappa shape index (κ2) is 12.5. The molecule has 0 radical (unpaired) electrons. The molecule has 0 saturated heterocycles. The molecule has 178 valence electrons. The van der Waals surface area contributed by atoms with Crippen molar-refractivity contribution in [2.24, 2.45) is 0 Å². The minimum atomic E-state index is -1.06. The Morgan fingerprint density at radius 3 is 2.38 bits per heavy atom. The largest absolute Gasteiger partial charge is 0.633 e. The van der Waals surface area contributed by atoms with Gasteiger partial charge in [0.2, 0.25) is 0 Å². The number of hydrogen-bond donors (Lipinski definition) is 2. The zero-order valence-electron chi connectivity index (χ0n) is 18.9. The first-order valence-corrected chi connectivity index (χ1v) is 12.4. The highest BCUT2D eigenvalue weighted by atomic mass is 32.2. The van der Waals surface area contributed by atoms with Crippen LogP contribution in [-0.2, 0) is 23.9 Å². The Hall–Kier alpha value is -1.66. The standard InChI is InChI=1S/C11H15NO3S.C11H15NOS.H2O2/c1-12(13)5-6-16(14)11-4-3-10(15-2)7-9(11)8-12;1-12-5-6-14-11-4-3-10(13-2)7-9(11)8-12;1-2/h3-4,7H,5-6,8H2,1-2H3;3-4,7H,5-6,8H2,1-2H3;1-2H. The van der Waals surface area contributed by atoms with Crippen molar-refractivity contribution in [3.05, 3.63) is 52.7 Å². The second-order valence-corrected chi connectivity index (χ2v) is 10.4. The number of benzene rings is 2. The smallest absolute Gasteiger partial charge is 0.119 e. The Balaban J connectivity index is 0.000000212. The number of quaternary nitrogens is 1. The summed E-state index contributed by atoms with van der Waals surface area (Å²) in [4.78, 5) is 4.52.